The molecule has 2 rings (SSSR count). The second-order valence-corrected chi connectivity index (χ2v) is 11.8. The van der Waals surface area contributed by atoms with Crippen LogP contribution in [-0.4, -0.2) is 81.5 Å². The molecular formula is C34H48N6O14. The Balaban J connectivity index is 1.51. The lowest BCUT2D eigenvalue weighted by Crippen LogP contribution is -2.39. The van der Waals surface area contributed by atoms with Gasteiger partial charge in [0.15, 0.2) is 0 Å². The minimum Gasteiger partial charge on any atom is -0.466 e. The molecule has 0 aliphatic rings. The smallest absolute Gasteiger partial charge is 0.414 e. The molecule has 20 heteroatoms. The maximum Gasteiger partial charge on any atom is 0.414 e. The fourth-order valence-electron chi connectivity index (χ4n) is 4.91. The van der Waals surface area contributed by atoms with E-state index in [0.29, 0.717) is 12.8 Å². The number of alkyl carbamates (subject to hydrolysis) is 2. The highest BCUT2D eigenvalue weighted by molar-refractivity contribution is 6.03. The molecule has 2 aromatic heterocycles. The van der Waals surface area contributed by atoms with Gasteiger partial charge < -0.3 is 18.9 Å². The first kappa shape index (κ1) is 44.3. The highest BCUT2D eigenvalue weighted by Crippen LogP contribution is 2.11. The van der Waals surface area contributed by atoms with Crippen molar-refractivity contribution in [2.75, 3.05) is 26.4 Å². The number of aromatic nitrogens is 4. The van der Waals surface area contributed by atoms with Crippen molar-refractivity contribution >= 4 is 35.9 Å². The first-order chi connectivity index (χ1) is 25.9. The number of H-pyrrole nitrogens is 2. The highest BCUT2D eigenvalue weighted by atomic mass is 16.6. The van der Waals surface area contributed by atoms with Crippen molar-refractivity contribution in [1.82, 2.24) is 29.7 Å². The number of amides is 4. The van der Waals surface area contributed by atoms with Crippen molar-refractivity contribution in [3.05, 3.63) is 65.2 Å². The summed E-state index contributed by atoms with van der Waals surface area (Å²) in [5.41, 5.74) is -4.31. The van der Waals surface area contributed by atoms with Crippen LogP contribution < -0.4 is 33.1 Å². The summed E-state index contributed by atoms with van der Waals surface area (Å²) in [5, 5.41) is 3.77. The zero-order chi connectivity index (χ0) is 39.9. The number of hydrogen-bond acceptors (Lipinski definition) is 14. The van der Waals surface area contributed by atoms with Gasteiger partial charge in [0.1, 0.15) is 11.1 Å². The van der Waals surface area contributed by atoms with Gasteiger partial charge in [-0.2, -0.15) is 0 Å². The summed E-state index contributed by atoms with van der Waals surface area (Å²) in [6, 6.07) is 0. The molecule has 20 nitrogen and oxygen atoms in total. The normalized spacial score (nSPS) is 10.6. The lowest BCUT2D eigenvalue weighted by Gasteiger charge is -2.09. The number of aromatic amines is 2. The standard InChI is InChI=1S/C34H48N6O14/c1-3-51-33(49)37-29(45)23-21-39(31(47)35-27(23)43)17-13-19-53-25(41)15-11-9-7-5-6-8-10-12-16-26(42)54-20-14-18-40-22-24(28(44)36-32(40)48)30(46)38-34(50)52-4-2/h21-22H,3-20H2,1-2H3,(H,35,43,47)(H,36,44,48)(H,37,45,49)(H,38,46,50). The van der Waals surface area contributed by atoms with Gasteiger partial charge in [0.25, 0.3) is 22.9 Å². The first-order valence-electron chi connectivity index (χ1n) is 17.8. The Morgan fingerprint density at radius 2 is 0.889 bits per heavy atom. The molecule has 4 N–H and O–H groups in total. The molecule has 0 bridgehead atoms. The van der Waals surface area contributed by atoms with Crippen LogP contribution in [0, 0.1) is 0 Å². The third kappa shape index (κ3) is 16.7. The molecule has 0 saturated heterocycles. The van der Waals surface area contributed by atoms with E-state index in [0.717, 1.165) is 60.1 Å². The number of nitrogens with zero attached hydrogens (tertiary/aromatic N) is 2. The van der Waals surface area contributed by atoms with Crippen molar-refractivity contribution in [3.63, 3.8) is 0 Å². The molecule has 0 atom stereocenters. The molecule has 0 spiro atoms. The van der Waals surface area contributed by atoms with Crippen LogP contribution in [0.25, 0.3) is 0 Å². The number of carbonyl (C=O) groups excluding carboxylic acids is 6. The van der Waals surface area contributed by atoms with Crippen molar-refractivity contribution in [3.8, 4) is 0 Å². The Labute approximate surface area is 308 Å². The Morgan fingerprint density at radius 3 is 1.24 bits per heavy atom. The van der Waals surface area contributed by atoms with Crippen LogP contribution in [0.1, 0.15) is 112 Å². The van der Waals surface area contributed by atoms with Gasteiger partial charge in [0.2, 0.25) is 0 Å². The third-order valence-electron chi connectivity index (χ3n) is 7.62. The van der Waals surface area contributed by atoms with E-state index < -0.39 is 57.6 Å². The molecule has 0 aliphatic carbocycles. The largest absolute Gasteiger partial charge is 0.466 e. The summed E-state index contributed by atoms with van der Waals surface area (Å²) >= 11 is 0. The zero-order valence-corrected chi connectivity index (χ0v) is 30.5. The Morgan fingerprint density at radius 1 is 0.537 bits per heavy atom. The van der Waals surface area contributed by atoms with E-state index in [1.807, 2.05) is 20.6 Å². The second-order valence-electron chi connectivity index (χ2n) is 11.8. The molecule has 0 radical (unpaired) electrons. The van der Waals surface area contributed by atoms with Crippen LogP contribution in [-0.2, 0) is 41.6 Å². The van der Waals surface area contributed by atoms with Crippen LogP contribution >= 0.6 is 0 Å². The van der Waals surface area contributed by atoms with Gasteiger partial charge in [-0.1, -0.05) is 38.5 Å². The maximum atomic E-state index is 12.1. The van der Waals surface area contributed by atoms with Gasteiger partial charge in [-0.3, -0.25) is 58.5 Å². The predicted octanol–water partition coefficient (Wildman–Crippen LogP) is 1.63. The molecule has 0 saturated carbocycles. The molecule has 54 heavy (non-hydrogen) atoms. The van der Waals surface area contributed by atoms with Crippen LogP contribution in [0.4, 0.5) is 9.59 Å². The number of hydrogen-bond donors (Lipinski definition) is 4. The average molecular weight is 765 g/mol. The maximum absolute atomic E-state index is 12.1. The Bertz CT molecular complexity index is 1690. The summed E-state index contributed by atoms with van der Waals surface area (Å²) in [7, 11) is 0. The minimum atomic E-state index is -1.03. The number of rotatable bonds is 23. The predicted molar refractivity (Wildman–Crippen MR) is 189 cm³/mol. The molecule has 4 amide bonds. The second kappa shape index (κ2) is 24.4. The third-order valence-corrected chi connectivity index (χ3v) is 7.62. The van der Waals surface area contributed by atoms with E-state index in [1.54, 1.807) is 13.8 Å². The number of imide groups is 2. The van der Waals surface area contributed by atoms with Crippen LogP contribution in [0.5, 0.6) is 0 Å². The monoisotopic (exact) mass is 764 g/mol. The molecule has 0 fully saturated rings. The topological polar surface area (TPSA) is 273 Å². The van der Waals surface area contributed by atoms with Crippen LogP contribution in [0.2, 0.25) is 0 Å². The summed E-state index contributed by atoms with van der Waals surface area (Å²) in [4.78, 5) is 123. The van der Waals surface area contributed by atoms with E-state index in [2.05, 4.69) is 9.47 Å². The molecule has 2 aromatic rings. The lowest BCUT2D eigenvalue weighted by molar-refractivity contribution is -0.144. The van der Waals surface area contributed by atoms with Gasteiger partial charge in [0, 0.05) is 38.3 Å². The number of aryl methyl sites for hydroxylation is 2. The van der Waals surface area contributed by atoms with Crippen LogP contribution in [0.15, 0.2) is 31.6 Å². The van der Waals surface area contributed by atoms with Gasteiger partial charge in [0.05, 0.1) is 26.4 Å². The van der Waals surface area contributed by atoms with Crippen LogP contribution in [0.3, 0.4) is 0 Å². The van der Waals surface area contributed by atoms with E-state index in [1.165, 1.54) is 0 Å². The number of ether oxygens (including phenoxy) is 4. The van der Waals surface area contributed by atoms with Gasteiger partial charge >= 0.3 is 35.5 Å². The van der Waals surface area contributed by atoms with E-state index >= 15 is 0 Å². The number of esters is 2. The summed E-state index contributed by atoms with van der Waals surface area (Å²) in [6.07, 6.45) is 7.83. The average Bonchev–Trinajstić information content (AvgIpc) is 3.10. The molecule has 298 valence electrons. The molecule has 2 heterocycles. The van der Waals surface area contributed by atoms with Crippen molar-refractivity contribution in [1.29, 1.82) is 0 Å². The lowest BCUT2D eigenvalue weighted by atomic mass is 10.1. The van der Waals surface area contributed by atoms with Crippen molar-refractivity contribution in [2.24, 2.45) is 0 Å². The van der Waals surface area contributed by atoms with Crippen molar-refractivity contribution < 1.29 is 47.7 Å². The minimum absolute atomic E-state index is 0.0246. The fraction of sp³-hybridized carbons (Fsp3) is 0.588. The number of nitrogens with one attached hydrogen (secondary N) is 4. The van der Waals surface area contributed by atoms with E-state index in [9.17, 15) is 47.9 Å². The summed E-state index contributed by atoms with van der Waals surface area (Å²) in [6.45, 7) is 3.31. The SMILES string of the molecule is CCOC(=O)NC(=O)c1cn(CCCOC(=O)CCCCCCCCCCC(=O)OCCCn2cc(C(=O)NC(=O)OCC)c(=O)[nH]c2=O)c(=O)[nH]c1=O. The molecule has 0 aliphatic heterocycles. The first-order valence-corrected chi connectivity index (χ1v) is 17.8. The number of unbranched alkanes of at least 4 members (excludes halogenated alkanes) is 7. The van der Waals surface area contributed by atoms with E-state index in [-0.39, 0.29) is 77.1 Å². The van der Waals surface area contributed by atoms with Gasteiger partial charge in [-0.05, 0) is 39.5 Å². The quantitative estimate of drug-likeness (QED) is 0.0712. The van der Waals surface area contributed by atoms with Crippen molar-refractivity contribution in [2.45, 2.75) is 104 Å². The zero-order valence-electron chi connectivity index (χ0n) is 30.5. The Hall–Kier alpha value is -5.82. The molecule has 0 unspecified atom stereocenters. The molecule has 0 aromatic carbocycles. The number of carbonyl (C=O) groups is 6. The Kier molecular flexibility index (Phi) is 20.1. The van der Waals surface area contributed by atoms with E-state index in [4.69, 9.17) is 9.47 Å². The summed E-state index contributed by atoms with van der Waals surface area (Å²) < 4.78 is 21.8. The fourth-order valence-corrected chi connectivity index (χ4v) is 4.91. The summed E-state index contributed by atoms with van der Waals surface area (Å²) in [5.74, 6) is -2.79. The van der Waals surface area contributed by atoms with Gasteiger partial charge in [-0.25, -0.2) is 19.2 Å². The highest BCUT2D eigenvalue weighted by Gasteiger charge is 2.18. The van der Waals surface area contributed by atoms with Gasteiger partial charge in [-0.15, -0.1) is 0 Å². The molecular weight excluding hydrogens is 716 g/mol.